The number of aryl methyl sites for hydroxylation is 1. The first-order chi connectivity index (χ1) is 17.8. The monoisotopic (exact) mass is 528 g/mol. The first-order valence-electron chi connectivity index (χ1n) is 11.9. The average Bonchev–Trinajstić information content (AvgIpc) is 3.64. The number of hydrogen-bond acceptors (Lipinski definition) is 7. The summed E-state index contributed by atoms with van der Waals surface area (Å²) in [4.78, 5) is 2.30. The standard InChI is InChI=1S/C25H29FN6O4S/c1-29-17-22(15-27-29)37(33,34)31(10-11-35-2)21-8-9-30(16-21)24-12-18-14-28-32(23(18)13-25(24)36-3)20-6-4-19(26)5-7-20/h4-7,12-15,17,21H,8-11,16H2,1-3H3/t21-/m1/s1. The molecule has 0 radical (unpaired) electrons. The first kappa shape index (κ1) is 25.2. The highest BCUT2D eigenvalue weighted by molar-refractivity contribution is 7.89. The van der Waals surface area contributed by atoms with Gasteiger partial charge < -0.3 is 14.4 Å². The van der Waals surface area contributed by atoms with Crippen LogP contribution in [-0.2, 0) is 21.8 Å². The van der Waals surface area contributed by atoms with Crippen LogP contribution in [0.5, 0.6) is 5.75 Å². The number of hydrogen-bond donors (Lipinski definition) is 0. The number of ether oxygens (including phenoxy) is 2. The molecule has 10 nitrogen and oxygen atoms in total. The summed E-state index contributed by atoms with van der Waals surface area (Å²) in [6.07, 6.45) is 5.29. The van der Waals surface area contributed by atoms with Gasteiger partial charge in [0.1, 0.15) is 16.5 Å². The minimum atomic E-state index is -3.75. The Morgan fingerprint density at radius 1 is 1.14 bits per heavy atom. The summed E-state index contributed by atoms with van der Waals surface area (Å²) in [6, 6.07) is 9.79. The Hall–Kier alpha value is -3.48. The van der Waals surface area contributed by atoms with Gasteiger partial charge in [-0.2, -0.15) is 14.5 Å². The van der Waals surface area contributed by atoms with Gasteiger partial charge in [0.15, 0.2) is 0 Å². The van der Waals surface area contributed by atoms with Crippen molar-refractivity contribution in [3.63, 3.8) is 0 Å². The van der Waals surface area contributed by atoms with Gasteiger partial charge in [-0.1, -0.05) is 0 Å². The molecule has 1 atom stereocenters. The van der Waals surface area contributed by atoms with Crippen molar-refractivity contribution in [2.45, 2.75) is 17.4 Å². The molecular formula is C25H29FN6O4S. The van der Waals surface area contributed by atoms with E-state index in [0.29, 0.717) is 25.3 Å². The van der Waals surface area contributed by atoms with E-state index in [4.69, 9.17) is 9.47 Å². The van der Waals surface area contributed by atoms with Crippen molar-refractivity contribution >= 4 is 26.6 Å². The summed E-state index contributed by atoms with van der Waals surface area (Å²) < 4.78 is 56.1. The summed E-state index contributed by atoms with van der Waals surface area (Å²) in [7, 11) is 1.10. The van der Waals surface area contributed by atoms with E-state index in [1.165, 1.54) is 33.5 Å². The van der Waals surface area contributed by atoms with Gasteiger partial charge in [-0.15, -0.1) is 0 Å². The summed E-state index contributed by atoms with van der Waals surface area (Å²) >= 11 is 0. The molecule has 37 heavy (non-hydrogen) atoms. The SMILES string of the molecule is COCCN([C@@H]1CCN(c2cc3cnn(-c4ccc(F)cc4)c3cc2OC)C1)S(=O)(=O)c1cnn(C)c1. The van der Waals surface area contributed by atoms with Gasteiger partial charge in [0.2, 0.25) is 10.0 Å². The van der Waals surface area contributed by atoms with Gasteiger partial charge in [-0.3, -0.25) is 4.68 Å². The molecule has 0 bridgehead atoms. The zero-order chi connectivity index (χ0) is 26.2. The van der Waals surface area contributed by atoms with Crippen LogP contribution in [0.1, 0.15) is 6.42 Å². The Morgan fingerprint density at radius 3 is 2.59 bits per heavy atom. The fraction of sp³-hybridized carbons (Fsp3) is 0.360. The maximum absolute atomic E-state index is 13.5. The van der Waals surface area contributed by atoms with E-state index in [9.17, 15) is 12.8 Å². The van der Waals surface area contributed by atoms with E-state index in [-0.39, 0.29) is 29.9 Å². The van der Waals surface area contributed by atoms with Gasteiger partial charge in [0.25, 0.3) is 0 Å². The summed E-state index contributed by atoms with van der Waals surface area (Å²) in [6.45, 7) is 1.68. The normalized spacial score (nSPS) is 16.2. The van der Waals surface area contributed by atoms with Gasteiger partial charge in [-0.25, -0.2) is 17.5 Å². The number of nitrogens with zero attached hydrogens (tertiary/aromatic N) is 6. The highest BCUT2D eigenvalue weighted by Gasteiger charge is 2.37. The topological polar surface area (TPSA) is 94.7 Å². The second kappa shape index (κ2) is 10.1. The summed E-state index contributed by atoms with van der Waals surface area (Å²) in [5, 5.41) is 9.43. The molecule has 0 unspecified atom stereocenters. The molecule has 1 fully saturated rings. The lowest BCUT2D eigenvalue weighted by Gasteiger charge is -2.28. The van der Waals surface area contributed by atoms with Crippen LogP contribution in [0.3, 0.4) is 0 Å². The molecule has 2 aromatic carbocycles. The molecule has 1 saturated heterocycles. The smallest absolute Gasteiger partial charge is 0.246 e. The second-order valence-electron chi connectivity index (χ2n) is 8.96. The van der Waals surface area contributed by atoms with Crippen LogP contribution in [0.2, 0.25) is 0 Å². The first-order valence-corrected chi connectivity index (χ1v) is 13.3. The molecule has 0 amide bonds. The predicted molar refractivity (Wildman–Crippen MR) is 137 cm³/mol. The lowest BCUT2D eigenvalue weighted by atomic mass is 10.2. The van der Waals surface area contributed by atoms with E-state index in [1.54, 1.807) is 44.3 Å². The highest BCUT2D eigenvalue weighted by atomic mass is 32.2. The number of anilines is 1. The molecule has 0 saturated carbocycles. The van der Waals surface area contributed by atoms with Crippen LogP contribution in [0.25, 0.3) is 16.6 Å². The van der Waals surface area contributed by atoms with Crippen molar-refractivity contribution in [3.05, 3.63) is 60.8 Å². The third kappa shape index (κ3) is 4.79. The zero-order valence-electron chi connectivity index (χ0n) is 20.9. The van der Waals surface area contributed by atoms with Crippen LogP contribution in [0.15, 0.2) is 59.9 Å². The Morgan fingerprint density at radius 2 is 1.92 bits per heavy atom. The minimum Gasteiger partial charge on any atom is -0.495 e. The third-order valence-electron chi connectivity index (χ3n) is 6.65. The van der Waals surface area contributed by atoms with Gasteiger partial charge >= 0.3 is 0 Å². The van der Waals surface area contributed by atoms with E-state index in [1.807, 2.05) is 12.1 Å². The fourth-order valence-corrected chi connectivity index (χ4v) is 6.40. The molecule has 1 aliphatic rings. The molecule has 5 rings (SSSR count). The van der Waals surface area contributed by atoms with Crippen LogP contribution in [0, 0.1) is 5.82 Å². The van der Waals surface area contributed by atoms with Crippen molar-refractivity contribution in [1.82, 2.24) is 23.9 Å². The largest absolute Gasteiger partial charge is 0.495 e. The van der Waals surface area contributed by atoms with Crippen LogP contribution < -0.4 is 9.64 Å². The number of benzene rings is 2. The quantitative estimate of drug-likeness (QED) is 0.330. The number of methoxy groups -OCH3 is 2. The summed E-state index contributed by atoms with van der Waals surface area (Å²) in [5.41, 5.74) is 2.42. The Kier molecular flexibility index (Phi) is 6.88. The van der Waals surface area contributed by atoms with E-state index < -0.39 is 10.0 Å². The molecule has 196 valence electrons. The van der Waals surface area contributed by atoms with E-state index in [2.05, 4.69) is 15.1 Å². The minimum absolute atomic E-state index is 0.164. The van der Waals surface area contributed by atoms with Crippen molar-refractivity contribution < 1.29 is 22.3 Å². The average molecular weight is 529 g/mol. The number of fused-ring (bicyclic) bond motifs is 1. The van der Waals surface area contributed by atoms with Crippen molar-refractivity contribution in [2.24, 2.45) is 7.05 Å². The van der Waals surface area contributed by atoms with Crippen molar-refractivity contribution in [1.29, 1.82) is 0 Å². The number of halogens is 1. The van der Waals surface area contributed by atoms with Crippen molar-refractivity contribution in [3.8, 4) is 11.4 Å². The van der Waals surface area contributed by atoms with Crippen molar-refractivity contribution in [2.75, 3.05) is 45.4 Å². The van der Waals surface area contributed by atoms with Crippen LogP contribution in [-0.4, -0.2) is 78.8 Å². The number of aromatic nitrogens is 4. The fourth-order valence-electron chi connectivity index (χ4n) is 4.78. The third-order valence-corrected chi connectivity index (χ3v) is 8.56. The van der Waals surface area contributed by atoms with Gasteiger partial charge in [0, 0.05) is 57.5 Å². The van der Waals surface area contributed by atoms with E-state index in [0.717, 1.165) is 22.3 Å². The molecule has 3 heterocycles. The molecular weight excluding hydrogens is 499 g/mol. The molecule has 4 aromatic rings. The molecule has 0 aliphatic carbocycles. The predicted octanol–water partition coefficient (Wildman–Crippen LogP) is 2.82. The maximum atomic E-state index is 13.5. The van der Waals surface area contributed by atoms with Gasteiger partial charge in [0.05, 0.1) is 43.0 Å². The summed E-state index contributed by atoms with van der Waals surface area (Å²) in [5.74, 6) is 0.337. The molecule has 0 N–H and O–H groups in total. The Balaban J connectivity index is 1.44. The lowest BCUT2D eigenvalue weighted by Crippen LogP contribution is -2.43. The lowest BCUT2D eigenvalue weighted by molar-refractivity contribution is 0.168. The zero-order valence-corrected chi connectivity index (χ0v) is 21.7. The molecule has 0 spiro atoms. The Labute approximate surface area is 214 Å². The van der Waals surface area contributed by atoms with E-state index >= 15 is 0 Å². The van der Waals surface area contributed by atoms with Gasteiger partial charge in [-0.05, 0) is 36.8 Å². The Bertz CT molecular complexity index is 1500. The molecule has 12 heteroatoms. The molecule has 2 aromatic heterocycles. The maximum Gasteiger partial charge on any atom is 0.246 e. The number of rotatable bonds is 9. The highest BCUT2D eigenvalue weighted by Crippen LogP contribution is 2.37. The van der Waals surface area contributed by atoms with Crippen LogP contribution in [0.4, 0.5) is 10.1 Å². The van der Waals surface area contributed by atoms with Crippen LogP contribution >= 0.6 is 0 Å². The number of sulfonamides is 1. The second-order valence-corrected chi connectivity index (χ2v) is 10.9. The molecule has 1 aliphatic heterocycles.